The van der Waals surface area contributed by atoms with Crippen molar-refractivity contribution >= 4 is 0 Å². The molecule has 1 aliphatic rings. The van der Waals surface area contributed by atoms with Gasteiger partial charge in [-0.25, -0.2) is 4.39 Å². The van der Waals surface area contributed by atoms with Crippen LogP contribution in [0.25, 0.3) is 0 Å². The molecule has 0 aromatic heterocycles. The van der Waals surface area contributed by atoms with Crippen molar-refractivity contribution in [2.24, 2.45) is 0 Å². The van der Waals surface area contributed by atoms with Gasteiger partial charge in [0.2, 0.25) is 0 Å². The summed E-state index contributed by atoms with van der Waals surface area (Å²) in [6.45, 7) is 2.83. The zero-order valence-electron chi connectivity index (χ0n) is 8.73. The van der Waals surface area contributed by atoms with E-state index in [1.54, 1.807) is 6.07 Å². The summed E-state index contributed by atoms with van der Waals surface area (Å²) in [4.78, 5) is 0. The molecule has 2 heteroatoms. The van der Waals surface area contributed by atoms with Crippen molar-refractivity contribution < 1.29 is 4.39 Å². The molecule has 14 heavy (non-hydrogen) atoms. The highest BCUT2D eigenvalue weighted by atomic mass is 19.1. The lowest BCUT2D eigenvalue weighted by Crippen LogP contribution is -2.23. The Labute approximate surface area is 84.3 Å². The molecule has 0 amide bonds. The van der Waals surface area contributed by atoms with Crippen LogP contribution in [0.3, 0.4) is 0 Å². The van der Waals surface area contributed by atoms with Gasteiger partial charge in [0.1, 0.15) is 5.82 Å². The normalized spacial score (nSPS) is 18.2. The SMILES string of the molecule is CNCC1(c2ccc(F)c(C)c2)CC1. The van der Waals surface area contributed by atoms with Crippen molar-refractivity contribution in [2.45, 2.75) is 25.2 Å². The van der Waals surface area contributed by atoms with Gasteiger partial charge >= 0.3 is 0 Å². The van der Waals surface area contributed by atoms with Crippen LogP contribution in [-0.2, 0) is 5.41 Å². The Morgan fingerprint density at radius 3 is 2.64 bits per heavy atom. The van der Waals surface area contributed by atoms with E-state index in [0.717, 1.165) is 12.1 Å². The number of rotatable bonds is 3. The minimum absolute atomic E-state index is 0.103. The van der Waals surface area contributed by atoms with Crippen molar-refractivity contribution in [1.29, 1.82) is 0 Å². The minimum atomic E-state index is -0.103. The van der Waals surface area contributed by atoms with Crippen molar-refractivity contribution in [3.05, 3.63) is 35.1 Å². The number of halogens is 1. The van der Waals surface area contributed by atoms with Gasteiger partial charge in [0.05, 0.1) is 0 Å². The predicted octanol–water partition coefficient (Wildman–Crippen LogP) is 2.39. The molecule has 0 saturated heterocycles. The topological polar surface area (TPSA) is 12.0 Å². The van der Waals surface area contributed by atoms with Crippen molar-refractivity contribution in [2.75, 3.05) is 13.6 Å². The Hall–Kier alpha value is -0.890. The Morgan fingerprint density at radius 1 is 1.43 bits per heavy atom. The zero-order valence-corrected chi connectivity index (χ0v) is 8.73. The van der Waals surface area contributed by atoms with Crippen molar-refractivity contribution in [3.8, 4) is 0 Å². The lowest BCUT2D eigenvalue weighted by molar-refractivity contribution is 0.603. The van der Waals surface area contributed by atoms with Gasteiger partial charge in [0, 0.05) is 12.0 Å². The first-order chi connectivity index (χ1) is 6.68. The highest BCUT2D eigenvalue weighted by molar-refractivity contribution is 5.35. The first kappa shape index (κ1) is 9.66. The molecule has 0 spiro atoms. The third-order valence-corrected chi connectivity index (χ3v) is 3.14. The van der Waals surface area contributed by atoms with Crippen molar-refractivity contribution in [3.63, 3.8) is 0 Å². The summed E-state index contributed by atoms with van der Waals surface area (Å²) < 4.78 is 13.1. The second-order valence-corrected chi connectivity index (χ2v) is 4.27. The molecule has 1 saturated carbocycles. The summed E-state index contributed by atoms with van der Waals surface area (Å²) in [6.07, 6.45) is 2.44. The third-order valence-electron chi connectivity index (χ3n) is 3.14. The molecule has 0 radical (unpaired) electrons. The Morgan fingerprint density at radius 2 is 2.14 bits per heavy atom. The van der Waals surface area contributed by atoms with Crippen LogP contribution >= 0.6 is 0 Å². The molecule has 76 valence electrons. The van der Waals surface area contributed by atoms with Crippen LogP contribution in [0.4, 0.5) is 4.39 Å². The van der Waals surface area contributed by atoms with Gasteiger partial charge in [0.15, 0.2) is 0 Å². The van der Waals surface area contributed by atoms with E-state index in [0.29, 0.717) is 5.41 Å². The number of nitrogens with one attached hydrogen (secondary N) is 1. The first-order valence-corrected chi connectivity index (χ1v) is 5.09. The summed E-state index contributed by atoms with van der Waals surface area (Å²) in [6, 6.07) is 5.49. The molecule has 1 fully saturated rings. The summed E-state index contributed by atoms with van der Waals surface area (Å²) in [5.74, 6) is -0.103. The molecule has 1 nitrogen and oxygen atoms in total. The zero-order chi connectivity index (χ0) is 10.2. The van der Waals surface area contributed by atoms with E-state index < -0.39 is 0 Å². The molecular weight excluding hydrogens is 177 g/mol. The Balaban J connectivity index is 2.28. The molecule has 0 atom stereocenters. The summed E-state index contributed by atoms with van der Waals surface area (Å²) >= 11 is 0. The molecule has 0 unspecified atom stereocenters. The average molecular weight is 193 g/mol. The van der Waals surface area contributed by atoms with Crippen molar-refractivity contribution in [1.82, 2.24) is 5.32 Å². The minimum Gasteiger partial charge on any atom is -0.319 e. The maximum Gasteiger partial charge on any atom is 0.126 e. The molecule has 0 heterocycles. The molecule has 1 aliphatic carbocycles. The van der Waals surface area contributed by atoms with Crippen LogP contribution in [0.5, 0.6) is 0 Å². The van der Waals surface area contributed by atoms with Gasteiger partial charge in [-0.2, -0.15) is 0 Å². The van der Waals surface area contributed by atoms with Crippen LogP contribution in [0, 0.1) is 12.7 Å². The molecule has 1 N–H and O–H groups in total. The number of hydrogen-bond acceptors (Lipinski definition) is 1. The maximum atomic E-state index is 13.1. The maximum absolute atomic E-state index is 13.1. The predicted molar refractivity (Wildman–Crippen MR) is 56.0 cm³/mol. The van der Waals surface area contributed by atoms with Gasteiger partial charge in [-0.1, -0.05) is 12.1 Å². The third kappa shape index (κ3) is 1.55. The second-order valence-electron chi connectivity index (χ2n) is 4.27. The monoisotopic (exact) mass is 193 g/mol. The van der Waals surface area contributed by atoms with E-state index in [4.69, 9.17) is 0 Å². The van der Waals surface area contributed by atoms with Crippen LogP contribution in [0.15, 0.2) is 18.2 Å². The summed E-state index contributed by atoms with van der Waals surface area (Å²) in [5.41, 5.74) is 2.34. The van der Waals surface area contributed by atoms with Gasteiger partial charge < -0.3 is 5.32 Å². The van der Waals surface area contributed by atoms with Crippen LogP contribution in [0.1, 0.15) is 24.0 Å². The number of likely N-dealkylation sites (N-methyl/N-ethyl adjacent to an activating group) is 1. The van der Waals surface area contributed by atoms with Crippen LogP contribution in [0.2, 0.25) is 0 Å². The smallest absolute Gasteiger partial charge is 0.126 e. The lowest BCUT2D eigenvalue weighted by Gasteiger charge is -2.15. The molecule has 1 aromatic carbocycles. The van der Waals surface area contributed by atoms with E-state index in [-0.39, 0.29) is 5.82 Å². The fraction of sp³-hybridized carbons (Fsp3) is 0.500. The standard InChI is InChI=1S/C12H16FN/c1-9-7-10(3-4-11(9)13)12(5-6-12)8-14-2/h3-4,7,14H,5-6,8H2,1-2H3. The number of hydrogen-bond donors (Lipinski definition) is 1. The molecule has 2 rings (SSSR count). The first-order valence-electron chi connectivity index (χ1n) is 5.09. The highest BCUT2D eigenvalue weighted by Crippen LogP contribution is 2.47. The van der Waals surface area contributed by atoms with E-state index in [1.165, 1.54) is 18.4 Å². The van der Waals surface area contributed by atoms with Crippen LogP contribution < -0.4 is 5.32 Å². The summed E-state index contributed by atoms with van der Waals surface area (Å²) in [5, 5.41) is 3.21. The van der Waals surface area contributed by atoms with E-state index >= 15 is 0 Å². The van der Waals surface area contributed by atoms with E-state index in [2.05, 4.69) is 5.32 Å². The van der Waals surface area contributed by atoms with E-state index in [1.807, 2.05) is 26.1 Å². The van der Waals surface area contributed by atoms with Gasteiger partial charge in [-0.3, -0.25) is 0 Å². The number of aryl methyl sites for hydroxylation is 1. The van der Waals surface area contributed by atoms with Gasteiger partial charge in [-0.05, 0) is 44.0 Å². The Kier molecular flexibility index (Phi) is 2.31. The van der Waals surface area contributed by atoms with Crippen LogP contribution in [-0.4, -0.2) is 13.6 Å². The molecule has 1 aromatic rings. The lowest BCUT2D eigenvalue weighted by atomic mass is 9.94. The largest absolute Gasteiger partial charge is 0.319 e. The van der Waals surface area contributed by atoms with Gasteiger partial charge in [0.25, 0.3) is 0 Å². The molecule has 0 bridgehead atoms. The molecule has 0 aliphatic heterocycles. The molecular formula is C12H16FN. The van der Waals surface area contributed by atoms with Gasteiger partial charge in [-0.15, -0.1) is 0 Å². The average Bonchev–Trinajstić information content (AvgIpc) is 2.91. The quantitative estimate of drug-likeness (QED) is 0.777. The number of benzene rings is 1. The second kappa shape index (κ2) is 3.35. The highest BCUT2D eigenvalue weighted by Gasteiger charge is 2.43. The fourth-order valence-corrected chi connectivity index (χ4v) is 2.03. The summed E-state index contributed by atoms with van der Waals surface area (Å²) in [7, 11) is 1.97. The van der Waals surface area contributed by atoms with E-state index in [9.17, 15) is 4.39 Å². The Bertz CT molecular complexity index is 342. The fourth-order valence-electron chi connectivity index (χ4n) is 2.03.